The molecule has 0 aliphatic carbocycles. The van der Waals surface area contributed by atoms with Crippen LogP contribution >= 0.6 is 11.8 Å². The van der Waals surface area contributed by atoms with E-state index in [1.54, 1.807) is 11.8 Å². The van der Waals surface area contributed by atoms with Gasteiger partial charge in [0, 0.05) is 18.7 Å². The molecule has 0 spiro atoms. The molecule has 17 heavy (non-hydrogen) atoms. The van der Waals surface area contributed by atoms with Crippen LogP contribution in [0.25, 0.3) is 0 Å². The molecular formula is C11H15FN2O2S. The van der Waals surface area contributed by atoms with Crippen LogP contribution in [0.3, 0.4) is 0 Å². The molecule has 1 rings (SSSR count). The van der Waals surface area contributed by atoms with E-state index >= 15 is 0 Å². The zero-order chi connectivity index (χ0) is 12.7. The van der Waals surface area contributed by atoms with E-state index in [0.29, 0.717) is 6.54 Å². The molecule has 1 aromatic rings. The maximum Gasteiger partial charge on any atom is 0.292 e. The zero-order valence-electron chi connectivity index (χ0n) is 9.61. The van der Waals surface area contributed by atoms with Crippen molar-refractivity contribution in [2.45, 2.75) is 12.8 Å². The number of hydrogen-bond acceptors (Lipinski definition) is 4. The molecule has 0 atom stereocenters. The van der Waals surface area contributed by atoms with Crippen molar-refractivity contribution in [2.24, 2.45) is 0 Å². The largest absolute Gasteiger partial charge is 0.379 e. The lowest BCUT2D eigenvalue weighted by molar-refractivity contribution is -0.384. The van der Waals surface area contributed by atoms with E-state index in [1.807, 2.05) is 6.26 Å². The molecule has 4 nitrogen and oxygen atoms in total. The summed E-state index contributed by atoms with van der Waals surface area (Å²) in [5.41, 5.74) is 0.162. The van der Waals surface area contributed by atoms with Crippen molar-refractivity contribution in [3.8, 4) is 0 Å². The Kier molecular flexibility index (Phi) is 5.76. The van der Waals surface area contributed by atoms with Crippen LogP contribution in [0.5, 0.6) is 0 Å². The van der Waals surface area contributed by atoms with Crippen molar-refractivity contribution in [1.82, 2.24) is 0 Å². The predicted octanol–water partition coefficient (Wildman–Crippen LogP) is 3.29. The second-order valence-corrected chi connectivity index (χ2v) is 4.53. The van der Waals surface area contributed by atoms with Crippen LogP contribution in [0.2, 0.25) is 0 Å². The van der Waals surface area contributed by atoms with Gasteiger partial charge in [-0.1, -0.05) is 0 Å². The summed E-state index contributed by atoms with van der Waals surface area (Å²) in [5.74, 6) is 0.592. The fourth-order valence-electron chi connectivity index (χ4n) is 1.40. The SMILES string of the molecule is CSCCCCNc1cc(F)ccc1[N+](=O)[O-]. The second kappa shape index (κ2) is 7.11. The maximum atomic E-state index is 13.0. The Hall–Kier alpha value is -1.30. The highest BCUT2D eigenvalue weighted by Crippen LogP contribution is 2.24. The number of hydrogen-bond donors (Lipinski definition) is 1. The Morgan fingerprint density at radius 1 is 1.47 bits per heavy atom. The third kappa shape index (κ3) is 4.60. The fraction of sp³-hybridized carbons (Fsp3) is 0.455. The summed E-state index contributed by atoms with van der Waals surface area (Å²) in [4.78, 5) is 10.2. The highest BCUT2D eigenvalue weighted by Gasteiger charge is 2.13. The number of nitrogens with one attached hydrogen (secondary N) is 1. The van der Waals surface area contributed by atoms with E-state index in [0.717, 1.165) is 30.7 Å². The summed E-state index contributed by atoms with van der Waals surface area (Å²) in [6.07, 6.45) is 3.98. The molecule has 1 aromatic carbocycles. The number of nitro groups is 1. The van der Waals surface area contributed by atoms with Crippen molar-refractivity contribution in [2.75, 3.05) is 23.9 Å². The summed E-state index contributed by atoms with van der Waals surface area (Å²) in [6.45, 7) is 0.616. The van der Waals surface area contributed by atoms with Gasteiger partial charge in [-0.2, -0.15) is 11.8 Å². The number of rotatable bonds is 7. The zero-order valence-corrected chi connectivity index (χ0v) is 10.4. The van der Waals surface area contributed by atoms with Crippen molar-refractivity contribution < 1.29 is 9.31 Å². The lowest BCUT2D eigenvalue weighted by atomic mass is 10.2. The van der Waals surface area contributed by atoms with Crippen molar-refractivity contribution >= 4 is 23.1 Å². The van der Waals surface area contributed by atoms with Gasteiger partial charge in [-0.05, 0) is 30.9 Å². The van der Waals surface area contributed by atoms with E-state index in [1.165, 1.54) is 6.07 Å². The van der Waals surface area contributed by atoms with Crippen LogP contribution in [0.1, 0.15) is 12.8 Å². The highest BCUT2D eigenvalue weighted by atomic mass is 32.2. The lowest BCUT2D eigenvalue weighted by Crippen LogP contribution is -2.05. The van der Waals surface area contributed by atoms with E-state index in [2.05, 4.69) is 5.32 Å². The second-order valence-electron chi connectivity index (χ2n) is 3.55. The minimum atomic E-state index is -0.510. The van der Waals surface area contributed by atoms with Gasteiger partial charge >= 0.3 is 0 Å². The Morgan fingerprint density at radius 2 is 2.24 bits per heavy atom. The van der Waals surface area contributed by atoms with Gasteiger partial charge in [-0.25, -0.2) is 4.39 Å². The van der Waals surface area contributed by atoms with Gasteiger partial charge in [-0.3, -0.25) is 10.1 Å². The average molecular weight is 258 g/mol. The molecule has 6 heteroatoms. The van der Waals surface area contributed by atoms with E-state index < -0.39 is 10.7 Å². The maximum absolute atomic E-state index is 13.0. The van der Waals surface area contributed by atoms with Gasteiger partial charge in [0.15, 0.2) is 0 Å². The van der Waals surface area contributed by atoms with Crippen molar-refractivity contribution in [3.05, 3.63) is 34.1 Å². The normalized spacial score (nSPS) is 10.2. The standard InChI is InChI=1S/C11H15FN2O2S/c1-17-7-3-2-6-13-10-8-9(12)4-5-11(10)14(15)16/h4-5,8,13H,2-3,6-7H2,1H3. The molecule has 0 fully saturated rings. The molecule has 94 valence electrons. The van der Waals surface area contributed by atoms with Gasteiger partial charge < -0.3 is 5.32 Å². The molecular weight excluding hydrogens is 243 g/mol. The molecule has 0 amide bonds. The fourth-order valence-corrected chi connectivity index (χ4v) is 1.90. The molecule has 0 heterocycles. The first-order chi connectivity index (χ1) is 8.15. The average Bonchev–Trinajstić information content (AvgIpc) is 2.28. The number of anilines is 1. The van der Waals surface area contributed by atoms with Gasteiger partial charge in [0.2, 0.25) is 0 Å². The molecule has 0 aromatic heterocycles. The third-order valence-electron chi connectivity index (χ3n) is 2.25. The summed E-state index contributed by atoms with van der Waals surface area (Å²) in [7, 11) is 0. The first kappa shape index (κ1) is 13.8. The first-order valence-electron chi connectivity index (χ1n) is 5.32. The van der Waals surface area contributed by atoms with E-state index in [9.17, 15) is 14.5 Å². The van der Waals surface area contributed by atoms with Crippen molar-refractivity contribution in [1.29, 1.82) is 0 Å². The quantitative estimate of drug-likeness (QED) is 0.463. The highest BCUT2D eigenvalue weighted by molar-refractivity contribution is 7.98. The predicted molar refractivity (Wildman–Crippen MR) is 69.2 cm³/mol. The van der Waals surface area contributed by atoms with Crippen LogP contribution in [-0.2, 0) is 0 Å². The molecule has 0 radical (unpaired) electrons. The number of nitro benzene ring substituents is 1. The monoisotopic (exact) mass is 258 g/mol. The topological polar surface area (TPSA) is 55.2 Å². The Morgan fingerprint density at radius 3 is 2.88 bits per heavy atom. The summed E-state index contributed by atoms with van der Waals surface area (Å²) >= 11 is 1.76. The smallest absolute Gasteiger partial charge is 0.292 e. The van der Waals surface area contributed by atoms with Gasteiger partial charge in [0.25, 0.3) is 5.69 Å². The Labute approximate surface area is 104 Å². The minimum absolute atomic E-state index is 0.0868. The Balaban J connectivity index is 2.56. The third-order valence-corrected chi connectivity index (χ3v) is 2.94. The lowest BCUT2D eigenvalue weighted by Gasteiger charge is -2.06. The van der Waals surface area contributed by atoms with Gasteiger partial charge in [0.1, 0.15) is 11.5 Å². The van der Waals surface area contributed by atoms with Gasteiger partial charge in [0.05, 0.1) is 4.92 Å². The number of unbranched alkanes of at least 4 members (excludes halogenated alkanes) is 1. The Bertz CT molecular complexity index is 388. The molecule has 0 unspecified atom stereocenters. The summed E-state index contributed by atoms with van der Waals surface area (Å²) in [5, 5.41) is 13.6. The van der Waals surface area contributed by atoms with E-state index in [4.69, 9.17) is 0 Å². The van der Waals surface area contributed by atoms with Crippen LogP contribution in [0.15, 0.2) is 18.2 Å². The number of halogens is 1. The van der Waals surface area contributed by atoms with Crippen molar-refractivity contribution in [3.63, 3.8) is 0 Å². The van der Waals surface area contributed by atoms with Crippen LogP contribution in [0.4, 0.5) is 15.8 Å². The number of benzene rings is 1. The van der Waals surface area contributed by atoms with Crippen LogP contribution in [-0.4, -0.2) is 23.5 Å². The minimum Gasteiger partial charge on any atom is -0.379 e. The summed E-state index contributed by atoms with van der Waals surface area (Å²) < 4.78 is 13.0. The van der Waals surface area contributed by atoms with E-state index in [-0.39, 0.29) is 11.4 Å². The number of nitrogens with zero attached hydrogens (tertiary/aromatic N) is 1. The van der Waals surface area contributed by atoms with Gasteiger partial charge in [-0.15, -0.1) is 0 Å². The van der Waals surface area contributed by atoms with Crippen LogP contribution in [0, 0.1) is 15.9 Å². The molecule has 0 saturated heterocycles. The molecule has 0 bridgehead atoms. The molecule has 0 aliphatic heterocycles. The first-order valence-corrected chi connectivity index (χ1v) is 6.71. The molecule has 0 aliphatic rings. The van der Waals surface area contributed by atoms with Crippen LogP contribution < -0.4 is 5.32 Å². The molecule has 1 N–H and O–H groups in total. The summed E-state index contributed by atoms with van der Waals surface area (Å²) in [6, 6.07) is 3.43. The molecule has 0 saturated carbocycles. The number of thioether (sulfide) groups is 1.